The second-order valence-corrected chi connectivity index (χ2v) is 7.26. The van der Waals surface area contributed by atoms with Gasteiger partial charge in [0.05, 0.1) is 19.8 Å². The van der Waals surface area contributed by atoms with Gasteiger partial charge in [-0.15, -0.1) is 0 Å². The third-order valence-corrected chi connectivity index (χ3v) is 5.30. The van der Waals surface area contributed by atoms with Crippen molar-refractivity contribution in [1.82, 2.24) is 14.7 Å². The van der Waals surface area contributed by atoms with Crippen LogP contribution in [-0.2, 0) is 0 Å². The highest BCUT2D eigenvalue weighted by Crippen LogP contribution is 2.31. The van der Waals surface area contributed by atoms with Gasteiger partial charge in [0.1, 0.15) is 17.3 Å². The van der Waals surface area contributed by atoms with Gasteiger partial charge in [0.15, 0.2) is 0 Å². The highest BCUT2D eigenvalue weighted by molar-refractivity contribution is 5.94. The smallest absolute Gasteiger partial charge is 0.262 e. The molecule has 0 saturated carbocycles. The van der Waals surface area contributed by atoms with Crippen molar-refractivity contribution in [3.05, 3.63) is 89.1 Å². The first kappa shape index (κ1) is 20.4. The Balaban J connectivity index is 1.69. The molecule has 5 aromatic rings. The Hall–Kier alpha value is -4.46. The zero-order valence-electron chi connectivity index (χ0n) is 17.8. The summed E-state index contributed by atoms with van der Waals surface area (Å²) in [7, 11) is 3.12. The lowest BCUT2D eigenvalue weighted by atomic mass is 10.1. The number of aromatic nitrogens is 3. The monoisotopic (exact) mass is 443 g/mol. The van der Waals surface area contributed by atoms with Gasteiger partial charge in [-0.3, -0.25) is 9.36 Å². The molecule has 0 aliphatic carbocycles. The second-order valence-electron chi connectivity index (χ2n) is 7.26. The maximum atomic E-state index is 13.4. The molecule has 164 valence electrons. The van der Waals surface area contributed by atoms with Crippen molar-refractivity contribution in [1.29, 1.82) is 0 Å². The summed E-state index contributed by atoms with van der Waals surface area (Å²) >= 11 is 0. The quantitative estimate of drug-likeness (QED) is 0.386. The van der Waals surface area contributed by atoms with Crippen LogP contribution in [0, 0.1) is 5.82 Å². The van der Waals surface area contributed by atoms with Crippen molar-refractivity contribution in [2.45, 2.75) is 0 Å². The van der Waals surface area contributed by atoms with Crippen LogP contribution in [0.3, 0.4) is 0 Å². The largest absolute Gasteiger partial charge is 0.497 e. The van der Waals surface area contributed by atoms with E-state index < -0.39 is 0 Å². The molecule has 3 aromatic carbocycles. The molecule has 0 radical (unpaired) electrons. The fraction of sp³-hybridized carbons (Fsp3) is 0.0800. The third kappa shape index (κ3) is 3.71. The van der Waals surface area contributed by atoms with Crippen molar-refractivity contribution in [2.24, 2.45) is 0 Å². The van der Waals surface area contributed by atoms with Gasteiger partial charge in [-0.05, 0) is 42.5 Å². The highest BCUT2D eigenvalue weighted by Gasteiger charge is 2.18. The van der Waals surface area contributed by atoms with E-state index in [1.165, 1.54) is 28.8 Å². The molecule has 0 amide bonds. The highest BCUT2D eigenvalue weighted by atomic mass is 19.1. The lowest BCUT2D eigenvalue weighted by Crippen LogP contribution is -2.18. The molecule has 0 fully saturated rings. The summed E-state index contributed by atoms with van der Waals surface area (Å²) in [5.41, 5.74) is 1.50. The standard InChI is InChI=1S/C25H18FN3O4/c1-31-18-11-15(12-19(13-18)32-2)23-27-24(33-28-23)22-14-29(17-9-7-16(26)8-10-17)25(30)21-6-4-3-5-20(21)22/h3-14H,1-2H3. The van der Waals surface area contributed by atoms with Gasteiger partial charge in [0.25, 0.3) is 11.4 Å². The molecule has 0 aliphatic heterocycles. The molecule has 2 aromatic heterocycles. The first-order chi connectivity index (χ1) is 16.1. The average molecular weight is 443 g/mol. The van der Waals surface area contributed by atoms with Gasteiger partial charge < -0.3 is 14.0 Å². The molecular weight excluding hydrogens is 425 g/mol. The van der Waals surface area contributed by atoms with E-state index in [1.54, 1.807) is 50.7 Å². The molecule has 0 unspecified atom stereocenters. The van der Waals surface area contributed by atoms with Crippen molar-refractivity contribution in [3.63, 3.8) is 0 Å². The lowest BCUT2D eigenvalue weighted by Gasteiger charge is -2.10. The number of hydrogen-bond acceptors (Lipinski definition) is 6. The molecule has 0 bridgehead atoms. The number of halogens is 1. The number of pyridine rings is 1. The van der Waals surface area contributed by atoms with Crippen LogP contribution >= 0.6 is 0 Å². The first-order valence-electron chi connectivity index (χ1n) is 10.1. The molecular formula is C25H18FN3O4. The Labute approximate surface area is 187 Å². The summed E-state index contributed by atoms with van der Waals surface area (Å²) in [6.45, 7) is 0. The van der Waals surface area contributed by atoms with Crippen molar-refractivity contribution < 1.29 is 18.4 Å². The van der Waals surface area contributed by atoms with Crippen LogP contribution in [0.1, 0.15) is 0 Å². The molecule has 8 heteroatoms. The van der Waals surface area contributed by atoms with E-state index in [0.29, 0.717) is 44.9 Å². The SMILES string of the molecule is COc1cc(OC)cc(-c2noc(-c3cn(-c4ccc(F)cc4)c(=O)c4ccccc34)n2)c1. The van der Waals surface area contributed by atoms with Gasteiger partial charge in [0.2, 0.25) is 5.82 Å². The maximum absolute atomic E-state index is 13.4. The molecule has 0 aliphatic rings. The predicted octanol–water partition coefficient (Wildman–Crippen LogP) is 4.86. The Morgan fingerprint density at radius 3 is 2.24 bits per heavy atom. The van der Waals surface area contributed by atoms with Crippen molar-refractivity contribution in [3.8, 4) is 40.0 Å². The van der Waals surface area contributed by atoms with E-state index in [4.69, 9.17) is 14.0 Å². The summed E-state index contributed by atoms with van der Waals surface area (Å²) in [6.07, 6.45) is 1.63. The summed E-state index contributed by atoms with van der Waals surface area (Å²) in [4.78, 5) is 17.7. The van der Waals surface area contributed by atoms with E-state index in [1.807, 2.05) is 12.1 Å². The molecule has 0 N–H and O–H groups in total. The van der Waals surface area contributed by atoms with Crippen molar-refractivity contribution >= 4 is 10.8 Å². The van der Waals surface area contributed by atoms with Gasteiger partial charge >= 0.3 is 0 Å². The fourth-order valence-corrected chi connectivity index (χ4v) is 3.64. The summed E-state index contributed by atoms with van der Waals surface area (Å²) in [6, 6.07) is 18.1. The summed E-state index contributed by atoms with van der Waals surface area (Å²) in [5.74, 6) is 1.37. The van der Waals surface area contributed by atoms with E-state index in [2.05, 4.69) is 10.1 Å². The van der Waals surface area contributed by atoms with E-state index in [9.17, 15) is 9.18 Å². The maximum Gasteiger partial charge on any atom is 0.262 e. The van der Waals surface area contributed by atoms with Crippen LogP contribution in [0.25, 0.3) is 39.3 Å². The van der Waals surface area contributed by atoms with E-state index in [0.717, 1.165) is 0 Å². The molecule has 7 nitrogen and oxygen atoms in total. The molecule has 5 rings (SSSR count). The van der Waals surface area contributed by atoms with Crippen LogP contribution in [0.4, 0.5) is 4.39 Å². The molecule has 33 heavy (non-hydrogen) atoms. The lowest BCUT2D eigenvalue weighted by molar-refractivity contribution is 0.394. The Kier molecular flexibility index (Phi) is 5.10. The molecule has 0 spiro atoms. The topological polar surface area (TPSA) is 79.4 Å². The predicted molar refractivity (Wildman–Crippen MR) is 121 cm³/mol. The van der Waals surface area contributed by atoms with Crippen LogP contribution < -0.4 is 15.0 Å². The first-order valence-corrected chi connectivity index (χ1v) is 10.1. The minimum Gasteiger partial charge on any atom is -0.497 e. The Bertz CT molecular complexity index is 1500. The van der Waals surface area contributed by atoms with E-state index in [-0.39, 0.29) is 17.3 Å². The molecule has 2 heterocycles. The Morgan fingerprint density at radius 2 is 1.58 bits per heavy atom. The third-order valence-electron chi connectivity index (χ3n) is 5.30. The van der Waals surface area contributed by atoms with Gasteiger partial charge in [-0.2, -0.15) is 4.98 Å². The normalized spacial score (nSPS) is 11.0. The number of benzene rings is 3. The molecule has 0 saturated heterocycles. The van der Waals surface area contributed by atoms with E-state index >= 15 is 0 Å². The molecule has 0 atom stereocenters. The number of methoxy groups -OCH3 is 2. The van der Waals surface area contributed by atoms with Crippen LogP contribution in [-0.4, -0.2) is 28.9 Å². The van der Waals surface area contributed by atoms with Crippen LogP contribution in [0.2, 0.25) is 0 Å². The number of rotatable bonds is 5. The fourth-order valence-electron chi connectivity index (χ4n) is 3.64. The number of ether oxygens (including phenoxy) is 2. The minimum absolute atomic E-state index is 0.235. The zero-order valence-corrected chi connectivity index (χ0v) is 17.8. The Morgan fingerprint density at radius 1 is 0.909 bits per heavy atom. The zero-order chi connectivity index (χ0) is 22.9. The van der Waals surface area contributed by atoms with Crippen molar-refractivity contribution in [2.75, 3.05) is 14.2 Å². The van der Waals surface area contributed by atoms with Gasteiger partial charge in [-0.1, -0.05) is 23.4 Å². The number of hydrogen-bond donors (Lipinski definition) is 0. The second kappa shape index (κ2) is 8.23. The van der Waals surface area contributed by atoms with Crippen LogP contribution in [0.5, 0.6) is 11.5 Å². The number of fused-ring (bicyclic) bond motifs is 1. The van der Waals surface area contributed by atoms with Crippen LogP contribution in [0.15, 0.2) is 82.2 Å². The minimum atomic E-state index is -0.386. The summed E-state index contributed by atoms with van der Waals surface area (Å²) in [5, 5.41) is 5.26. The van der Waals surface area contributed by atoms with Gasteiger partial charge in [0, 0.05) is 34.3 Å². The number of nitrogens with zero attached hydrogens (tertiary/aromatic N) is 3. The summed E-state index contributed by atoms with van der Waals surface area (Å²) < 4.78 is 31.1. The van der Waals surface area contributed by atoms with Gasteiger partial charge in [-0.25, -0.2) is 4.39 Å². The average Bonchev–Trinajstić information content (AvgIpc) is 3.35.